The second kappa shape index (κ2) is 11.8. The third-order valence-corrected chi connectivity index (χ3v) is 5.21. The van der Waals surface area contributed by atoms with E-state index in [1.54, 1.807) is 12.1 Å². The largest absolute Gasteiger partial charge is 0.478 e. The quantitative estimate of drug-likeness (QED) is 0.237. The second-order valence-electron chi connectivity index (χ2n) is 7.42. The molecule has 1 saturated heterocycles. The second-order valence-corrected chi connectivity index (χ2v) is 7.42. The van der Waals surface area contributed by atoms with Gasteiger partial charge < -0.3 is 9.84 Å². The maximum Gasteiger partial charge on any atom is 0.335 e. The molecule has 3 nitrogen and oxygen atoms in total. The Morgan fingerprint density at radius 2 is 1.78 bits per heavy atom. The normalized spacial score (nSPS) is 19.2. The van der Waals surface area contributed by atoms with Gasteiger partial charge in [-0.25, -0.2) is 4.79 Å². The van der Waals surface area contributed by atoms with Gasteiger partial charge in [0.15, 0.2) is 0 Å². The lowest BCUT2D eigenvalue weighted by Crippen LogP contribution is -2.02. The molecule has 0 aromatic heterocycles. The fourth-order valence-corrected chi connectivity index (χ4v) is 3.46. The summed E-state index contributed by atoms with van der Waals surface area (Å²) in [4.78, 5) is 11.2. The zero-order valence-electron chi connectivity index (χ0n) is 16.8. The Balaban J connectivity index is 1.61. The first-order valence-corrected chi connectivity index (χ1v) is 10.5. The van der Waals surface area contributed by atoms with Crippen molar-refractivity contribution in [2.75, 3.05) is 0 Å². The molecule has 0 saturated carbocycles. The van der Waals surface area contributed by atoms with Gasteiger partial charge in [0, 0.05) is 0 Å². The molecule has 1 aromatic rings. The number of ether oxygens (including phenoxy) is 1. The Bertz CT molecular complexity index is 645. The fraction of sp³-hybridized carbons (Fsp3) is 0.542. The van der Waals surface area contributed by atoms with Crippen LogP contribution in [-0.4, -0.2) is 17.2 Å². The van der Waals surface area contributed by atoms with Gasteiger partial charge in [-0.05, 0) is 37.0 Å². The highest BCUT2D eigenvalue weighted by molar-refractivity contribution is 5.89. The van der Waals surface area contributed by atoms with Crippen molar-refractivity contribution < 1.29 is 14.6 Å². The number of rotatable bonds is 13. The zero-order chi connectivity index (χ0) is 19.5. The van der Waals surface area contributed by atoms with Crippen LogP contribution in [0.2, 0.25) is 0 Å². The van der Waals surface area contributed by atoms with Crippen molar-refractivity contribution in [1.29, 1.82) is 0 Å². The Morgan fingerprint density at radius 3 is 2.48 bits per heavy atom. The molecule has 0 aliphatic carbocycles. The third kappa shape index (κ3) is 7.34. The first-order valence-electron chi connectivity index (χ1n) is 10.5. The van der Waals surface area contributed by atoms with Crippen LogP contribution >= 0.6 is 0 Å². The van der Waals surface area contributed by atoms with E-state index in [0.29, 0.717) is 5.56 Å². The molecule has 1 heterocycles. The van der Waals surface area contributed by atoms with Crippen LogP contribution in [0, 0.1) is 6.92 Å². The van der Waals surface area contributed by atoms with E-state index in [1.165, 1.54) is 51.4 Å². The molecule has 1 N–H and O–H groups in total. The number of hydrogen-bond donors (Lipinski definition) is 1. The van der Waals surface area contributed by atoms with Gasteiger partial charge in [-0.15, -0.1) is 0 Å². The molecular formula is C24H34O3. The first-order chi connectivity index (χ1) is 13.1. The summed E-state index contributed by atoms with van der Waals surface area (Å²) in [5.74, 6) is -0.883. The molecule has 1 aliphatic heterocycles. The summed E-state index contributed by atoms with van der Waals surface area (Å²) in [6, 6.07) is 5.39. The van der Waals surface area contributed by atoms with Crippen molar-refractivity contribution in [3.63, 3.8) is 0 Å². The Morgan fingerprint density at radius 1 is 1.07 bits per heavy atom. The molecule has 27 heavy (non-hydrogen) atoms. The average Bonchev–Trinajstić information content (AvgIpc) is 3.42. The minimum atomic E-state index is -0.883. The van der Waals surface area contributed by atoms with Crippen LogP contribution in [0.1, 0.15) is 92.3 Å². The van der Waals surface area contributed by atoms with Crippen molar-refractivity contribution in [1.82, 2.24) is 0 Å². The summed E-state index contributed by atoms with van der Waals surface area (Å²) in [6.07, 6.45) is 20.4. The maximum absolute atomic E-state index is 11.2. The van der Waals surface area contributed by atoms with Crippen LogP contribution in [0.3, 0.4) is 0 Å². The maximum atomic E-state index is 11.2. The number of benzene rings is 1. The van der Waals surface area contributed by atoms with Crippen molar-refractivity contribution in [2.24, 2.45) is 0 Å². The highest BCUT2D eigenvalue weighted by Crippen LogP contribution is 2.41. The first kappa shape index (κ1) is 21.4. The van der Waals surface area contributed by atoms with E-state index in [-0.39, 0.29) is 12.2 Å². The summed E-state index contributed by atoms with van der Waals surface area (Å²) in [7, 11) is 0. The lowest BCUT2D eigenvalue weighted by Gasteiger charge is -2.05. The van der Waals surface area contributed by atoms with Gasteiger partial charge >= 0.3 is 5.97 Å². The average molecular weight is 371 g/mol. The van der Waals surface area contributed by atoms with Gasteiger partial charge in [-0.2, -0.15) is 0 Å². The number of carboxylic acid groups (broad SMARTS) is 1. The van der Waals surface area contributed by atoms with Crippen molar-refractivity contribution in [2.45, 2.75) is 83.8 Å². The fourth-order valence-electron chi connectivity index (χ4n) is 3.46. The monoisotopic (exact) mass is 370 g/mol. The van der Waals surface area contributed by atoms with E-state index < -0.39 is 5.97 Å². The number of epoxide rings is 1. The molecule has 2 atom stereocenters. The van der Waals surface area contributed by atoms with E-state index in [4.69, 9.17) is 4.74 Å². The predicted octanol–water partition coefficient (Wildman–Crippen LogP) is 6.78. The van der Waals surface area contributed by atoms with Crippen molar-refractivity contribution in [3.05, 3.63) is 59.2 Å². The molecule has 148 valence electrons. The van der Waals surface area contributed by atoms with Crippen LogP contribution in [0.4, 0.5) is 0 Å². The van der Waals surface area contributed by atoms with E-state index in [0.717, 1.165) is 17.5 Å². The number of allylic oxidation sites excluding steroid dienone is 3. The highest BCUT2D eigenvalue weighted by Gasteiger charge is 2.39. The summed E-state index contributed by atoms with van der Waals surface area (Å²) in [6.45, 7) is 4.11. The summed E-state index contributed by atoms with van der Waals surface area (Å²) >= 11 is 0. The van der Waals surface area contributed by atoms with E-state index in [2.05, 4.69) is 25.2 Å². The van der Waals surface area contributed by atoms with Crippen LogP contribution in [0.25, 0.3) is 0 Å². The molecule has 0 amide bonds. The van der Waals surface area contributed by atoms with Gasteiger partial charge in [-0.1, -0.05) is 88.3 Å². The van der Waals surface area contributed by atoms with E-state index >= 15 is 0 Å². The van der Waals surface area contributed by atoms with Crippen LogP contribution in [0.15, 0.2) is 42.5 Å². The zero-order valence-corrected chi connectivity index (χ0v) is 16.8. The number of hydrogen-bond acceptors (Lipinski definition) is 2. The number of carbonyl (C=O) groups is 1. The Labute approximate surface area is 164 Å². The minimum Gasteiger partial charge on any atom is -0.478 e. The molecule has 1 aromatic carbocycles. The van der Waals surface area contributed by atoms with Crippen LogP contribution < -0.4 is 0 Å². The van der Waals surface area contributed by atoms with E-state index in [9.17, 15) is 9.90 Å². The number of carboxylic acids is 1. The Hall–Kier alpha value is -1.87. The van der Waals surface area contributed by atoms with Crippen LogP contribution in [0.5, 0.6) is 0 Å². The number of unbranched alkanes of at least 4 members (excludes halogenated alkanes) is 8. The number of aromatic carboxylic acids is 1. The molecule has 3 heteroatoms. The SMILES string of the molecule is CCCCCCCCCCC=CC=CC1OC1c1cccc(C(=O)O)c1C. The van der Waals surface area contributed by atoms with Gasteiger partial charge in [0.05, 0.1) is 5.56 Å². The van der Waals surface area contributed by atoms with Gasteiger partial charge in [0.1, 0.15) is 12.2 Å². The standard InChI is InChI=1S/C24H34O3/c1-3-4-5-6-7-8-9-10-11-12-13-14-18-22-23(27-22)20-16-15-17-21(19(20)2)24(25)26/h12-18,22-23H,3-11H2,1-2H3,(H,25,26). The van der Waals surface area contributed by atoms with E-state index in [1.807, 2.05) is 19.1 Å². The molecule has 1 fully saturated rings. The topological polar surface area (TPSA) is 49.8 Å². The predicted molar refractivity (Wildman–Crippen MR) is 111 cm³/mol. The molecule has 0 bridgehead atoms. The summed E-state index contributed by atoms with van der Waals surface area (Å²) in [5, 5.41) is 9.22. The molecule has 0 spiro atoms. The molecule has 2 unspecified atom stereocenters. The van der Waals surface area contributed by atoms with Gasteiger partial charge in [-0.3, -0.25) is 0 Å². The Kier molecular flexibility index (Phi) is 9.34. The summed E-state index contributed by atoms with van der Waals surface area (Å²) < 4.78 is 5.70. The van der Waals surface area contributed by atoms with Crippen molar-refractivity contribution in [3.8, 4) is 0 Å². The third-order valence-electron chi connectivity index (χ3n) is 5.21. The highest BCUT2D eigenvalue weighted by atomic mass is 16.6. The molecular weight excluding hydrogens is 336 g/mol. The lowest BCUT2D eigenvalue weighted by molar-refractivity contribution is 0.0696. The van der Waals surface area contributed by atoms with Crippen LogP contribution in [-0.2, 0) is 4.74 Å². The lowest BCUT2D eigenvalue weighted by atomic mass is 9.98. The van der Waals surface area contributed by atoms with Gasteiger partial charge in [0.25, 0.3) is 0 Å². The smallest absolute Gasteiger partial charge is 0.335 e. The molecule has 2 rings (SSSR count). The molecule has 1 aliphatic rings. The van der Waals surface area contributed by atoms with Gasteiger partial charge in [0.2, 0.25) is 0 Å². The minimum absolute atomic E-state index is 0.0124. The van der Waals surface area contributed by atoms with Crippen molar-refractivity contribution >= 4 is 5.97 Å². The summed E-state index contributed by atoms with van der Waals surface area (Å²) in [5.41, 5.74) is 2.14. The molecule has 0 radical (unpaired) electrons.